The Bertz CT molecular complexity index is 760. The molecule has 0 aliphatic carbocycles. The monoisotopic (exact) mass is 282 g/mol. The van der Waals surface area contributed by atoms with Crippen molar-refractivity contribution in [1.82, 2.24) is 4.98 Å². The van der Waals surface area contributed by atoms with Crippen molar-refractivity contribution in [3.8, 4) is 0 Å². The van der Waals surface area contributed by atoms with Crippen molar-refractivity contribution >= 4 is 22.4 Å². The molecule has 0 radical (unpaired) electrons. The Balaban J connectivity index is 2.27. The van der Waals surface area contributed by atoms with E-state index in [0.29, 0.717) is 5.02 Å². The van der Waals surface area contributed by atoms with E-state index in [0.717, 1.165) is 21.9 Å². The number of pyridine rings is 1. The summed E-state index contributed by atoms with van der Waals surface area (Å²) in [6.45, 7) is 1.98. The first-order chi connectivity index (χ1) is 9.60. The third-order valence-corrected chi connectivity index (χ3v) is 4.01. The molecule has 0 saturated carbocycles. The summed E-state index contributed by atoms with van der Waals surface area (Å²) in [6.07, 6.45) is 3.64. The normalized spacial score (nSPS) is 14.2. The fraction of sp³-hybridized carbons (Fsp3) is 0.118. The molecule has 100 valence electrons. The van der Waals surface area contributed by atoms with E-state index in [1.165, 1.54) is 0 Å². The van der Waals surface area contributed by atoms with Gasteiger partial charge in [-0.05, 0) is 35.6 Å². The summed E-state index contributed by atoms with van der Waals surface area (Å²) in [7, 11) is 0. The number of halogens is 1. The Labute approximate surface area is 123 Å². The van der Waals surface area contributed by atoms with Gasteiger partial charge in [0.1, 0.15) is 0 Å². The zero-order valence-electron chi connectivity index (χ0n) is 11.2. The highest BCUT2D eigenvalue weighted by atomic mass is 35.5. The topological polar surface area (TPSA) is 38.9 Å². The van der Waals surface area contributed by atoms with Crippen molar-refractivity contribution in [3.05, 3.63) is 77.1 Å². The molecule has 1 atom stereocenters. The number of benzene rings is 2. The molecule has 0 bridgehead atoms. The van der Waals surface area contributed by atoms with E-state index in [-0.39, 0.29) is 0 Å². The van der Waals surface area contributed by atoms with E-state index in [1.807, 2.05) is 55.6 Å². The quantitative estimate of drug-likeness (QED) is 0.768. The summed E-state index contributed by atoms with van der Waals surface area (Å²) in [4.78, 5) is 4.21. The molecule has 1 unspecified atom stereocenters. The average molecular weight is 283 g/mol. The van der Waals surface area contributed by atoms with Crippen LogP contribution in [0.1, 0.15) is 18.1 Å². The molecular weight excluding hydrogens is 268 g/mol. The molecule has 3 aromatic rings. The van der Waals surface area contributed by atoms with Gasteiger partial charge in [0.25, 0.3) is 0 Å². The lowest BCUT2D eigenvalue weighted by Crippen LogP contribution is -2.34. The van der Waals surface area contributed by atoms with Crippen LogP contribution in [-0.2, 0) is 5.54 Å². The first-order valence-electron chi connectivity index (χ1n) is 6.48. The van der Waals surface area contributed by atoms with Crippen molar-refractivity contribution < 1.29 is 0 Å². The van der Waals surface area contributed by atoms with Crippen LogP contribution in [-0.4, -0.2) is 4.98 Å². The second kappa shape index (κ2) is 4.89. The van der Waals surface area contributed by atoms with Gasteiger partial charge >= 0.3 is 0 Å². The van der Waals surface area contributed by atoms with Gasteiger partial charge in [-0.1, -0.05) is 48.0 Å². The van der Waals surface area contributed by atoms with Crippen molar-refractivity contribution in [1.29, 1.82) is 0 Å². The third kappa shape index (κ3) is 2.07. The number of rotatable bonds is 2. The molecule has 0 aliphatic heterocycles. The van der Waals surface area contributed by atoms with Gasteiger partial charge in [-0.15, -0.1) is 0 Å². The van der Waals surface area contributed by atoms with Crippen LogP contribution in [0.2, 0.25) is 5.02 Å². The Morgan fingerprint density at radius 2 is 1.75 bits per heavy atom. The smallest absolute Gasteiger partial charge is 0.0658 e. The van der Waals surface area contributed by atoms with Crippen LogP contribution in [0.25, 0.3) is 10.8 Å². The predicted octanol–water partition coefficient (Wildman–Crippen LogP) is 4.11. The van der Waals surface area contributed by atoms with Crippen LogP contribution in [0.4, 0.5) is 0 Å². The maximum atomic E-state index is 6.61. The van der Waals surface area contributed by atoms with Gasteiger partial charge in [0, 0.05) is 22.8 Å². The molecule has 1 heterocycles. The van der Waals surface area contributed by atoms with Crippen LogP contribution in [0, 0.1) is 0 Å². The van der Waals surface area contributed by atoms with Crippen molar-refractivity contribution in [2.45, 2.75) is 12.5 Å². The van der Waals surface area contributed by atoms with Crippen LogP contribution in [0.5, 0.6) is 0 Å². The molecule has 0 fully saturated rings. The lowest BCUT2D eigenvalue weighted by molar-refractivity contribution is 0.609. The second-order valence-corrected chi connectivity index (χ2v) is 5.49. The summed E-state index contributed by atoms with van der Waals surface area (Å²) in [6, 6.07) is 15.8. The van der Waals surface area contributed by atoms with Crippen LogP contribution < -0.4 is 5.73 Å². The first-order valence-corrected chi connectivity index (χ1v) is 6.85. The fourth-order valence-corrected chi connectivity index (χ4v) is 2.93. The van der Waals surface area contributed by atoms with Gasteiger partial charge in [-0.3, -0.25) is 4.98 Å². The molecular formula is C17H15ClN2. The standard InChI is InChI=1S/C17H15ClN2/c1-17(19,15-6-2-3-8-16(15)18)14-7-4-5-12-9-10-20-11-13(12)14/h2-11H,19H2,1H3. The highest BCUT2D eigenvalue weighted by molar-refractivity contribution is 6.31. The zero-order chi connectivity index (χ0) is 14.2. The molecule has 0 aliphatic rings. The highest BCUT2D eigenvalue weighted by Crippen LogP contribution is 2.35. The lowest BCUT2D eigenvalue weighted by Gasteiger charge is -2.28. The Morgan fingerprint density at radius 1 is 1.00 bits per heavy atom. The Morgan fingerprint density at radius 3 is 2.55 bits per heavy atom. The maximum absolute atomic E-state index is 6.61. The van der Waals surface area contributed by atoms with Gasteiger partial charge in [-0.2, -0.15) is 0 Å². The molecule has 2 nitrogen and oxygen atoms in total. The molecule has 0 amide bonds. The van der Waals surface area contributed by atoms with E-state index < -0.39 is 5.54 Å². The zero-order valence-corrected chi connectivity index (χ0v) is 11.9. The number of hydrogen-bond acceptors (Lipinski definition) is 2. The molecule has 3 rings (SSSR count). The number of fused-ring (bicyclic) bond motifs is 1. The molecule has 0 saturated heterocycles. The van der Waals surface area contributed by atoms with Gasteiger partial charge in [0.15, 0.2) is 0 Å². The fourth-order valence-electron chi connectivity index (χ4n) is 2.59. The number of nitrogens with two attached hydrogens (primary N) is 1. The molecule has 20 heavy (non-hydrogen) atoms. The lowest BCUT2D eigenvalue weighted by atomic mass is 9.83. The van der Waals surface area contributed by atoms with E-state index in [4.69, 9.17) is 17.3 Å². The average Bonchev–Trinajstić information content (AvgIpc) is 2.47. The molecule has 2 N–H and O–H groups in total. The van der Waals surface area contributed by atoms with E-state index in [9.17, 15) is 0 Å². The summed E-state index contributed by atoms with van der Waals surface area (Å²) in [5, 5.41) is 2.86. The Hall–Kier alpha value is -1.90. The summed E-state index contributed by atoms with van der Waals surface area (Å²) >= 11 is 6.31. The van der Waals surface area contributed by atoms with Crippen LogP contribution >= 0.6 is 11.6 Å². The minimum atomic E-state index is -0.666. The van der Waals surface area contributed by atoms with Gasteiger partial charge in [0.2, 0.25) is 0 Å². The Kier molecular flexibility index (Phi) is 3.20. The summed E-state index contributed by atoms with van der Waals surface area (Å²) < 4.78 is 0. The van der Waals surface area contributed by atoms with Gasteiger partial charge in [-0.25, -0.2) is 0 Å². The van der Waals surface area contributed by atoms with Crippen LogP contribution in [0.3, 0.4) is 0 Å². The van der Waals surface area contributed by atoms with Gasteiger partial charge in [0.05, 0.1) is 5.54 Å². The van der Waals surface area contributed by atoms with Crippen molar-refractivity contribution in [2.24, 2.45) is 5.73 Å². The van der Waals surface area contributed by atoms with Crippen molar-refractivity contribution in [2.75, 3.05) is 0 Å². The largest absolute Gasteiger partial charge is 0.318 e. The molecule has 1 aromatic heterocycles. The number of nitrogens with zero attached hydrogens (tertiary/aromatic N) is 1. The van der Waals surface area contributed by atoms with E-state index in [2.05, 4.69) is 11.1 Å². The predicted molar refractivity (Wildman–Crippen MR) is 83.8 cm³/mol. The number of hydrogen-bond donors (Lipinski definition) is 1. The van der Waals surface area contributed by atoms with Crippen molar-refractivity contribution in [3.63, 3.8) is 0 Å². The SMILES string of the molecule is CC(N)(c1ccccc1Cl)c1cccc2ccncc12. The van der Waals surface area contributed by atoms with Crippen LogP contribution in [0.15, 0.2) is 60.9 Å². The van der Waals surface area contributed by atoms with E-state index >= 15 is 0 Å². The molecule has 3 heteroatoms. The van der Waals surface area contributed by atoms with E-state index in [1.54, 1.807) is 6.20 Å². The molecule has 0 spiro atoms. The minimum Gasteiger partial charge on any atom is -0.318 e. The highest BCUT2D eigenvalue weighted by Gasteiger charge is 2.27. The third-order valence-electron chi connectivity index (χ3n) is 3.68. The summed E-state index contributed by atoms with van der Waals surface area (Å²) in [5.41, 5.74) is 7.89. The van der Waals surface area contributed by atoms with Gasteiger partial charge < -0.3 is 5.73 Å². The maximum Gasteiger partial charge on any atom is 0.0658 e. The summed E-state index contributed by atoms with van der Waals surface area (Å²) in [5.74, 6) is 0. The number of aromatic nitrogens is 1. The first kappa shape index (κ1) is 13.1. The molecule has 2 aromatic carbocycles. The minimum absolute atomic E-state index is 0.666. The second-order valence-electron chi connectivity index (χ2n) is 5.08.